The van der Waals surface area contributed by atoms with Gasteiger partial charge >= 0.3 is 77.4 Å². The van der Waals surface area contributed by atoms with Crippen molar-refractivity contribution in [3.63, 3.8) is 0 Å². The number of carbonyl (C=O) groups excluding carboxylic acids is 1. The lowest BCUT2D eigenvalue weighted by Crippen LogP contribution is -2.80. The molecule has 0 spiro atoms. The van der Waals surface area contributed by atoms with Crippen LogP contribution in [-0.2, 0) is 59.5 Å². The van der Waals surface area contributed by atoms with E-state index in [4.69, 9.17) is 50.0 Å². The Bertz CT molecular complexity index is 901. The molecule has 4 heterocycles. The zero-order chi connectivity index (χ0) is 29.5. The summed E-state index contributed by atoms with van der Waals surface area (Å²) in [5.74, 6) is -0.367. The zero-order valence-electron chi connectivity index (χ0n) is 24.4. The number of carbonyl (C=O) groups is 1. The van der Waals surface area contributed by atoms with Crippen molar-refractivity contribution in [1.29, 1.82) is 0 Å². The van der Waals surface area contributed by atoms with Gasteiger partial charge in [0.25, 0.3) is 0 Å². The monoisotopic (exact) mass is 760 g/mol. The van der Waals surface area contributed by atoms with Gasteiger partial charge < -0.3 is 54.7 Å². The number of esters is 1. The predicted octanol–water partition coefficient (Wildman–Crippen LogP) is 2.08. The van der Waals surface area contributed by atoms with Gasteiger partial charge in [0.15, 0.2) is 0 Å². The molecule has 8 unspecified atom stereocenters. The van der Waals surface area contributed by atoms with Gasteiger partial charge in [-0.2, -0.15) is 0 Å². The minimum atomic E-state index is -3.60. The highest BCUT2D eigenvalue weighted by molar-refractivity contribution is 9.10. The van der Waals surface area contributed by atoms with E-state index in [1.165, 1.54) is 0 Å². The summed E-state index contributed by atoms with van der Waals surface area (Å²) in [6.45, 7) is 16.2. The zero-order valence-corrected chi connectivity index (χ0v) is 34.3. The summed E-state index contributed by atoms with van der Waals surface area (Å²) in [6, 6.07) is 0.315. The Morgan fingerprint density at radius 2 is 1.08 bits per heavy atom. The maximum atomic E-state index is 12.2. The van der Waals surface area contributed by atoms with Crippen molar-refractivity contribution < 1.29 is 59.5 Å². The average molecular weight is 762 g/mol. The number of hydrogen-bond acceptors (Lipinski definition) is 14. The third-order valence-electron chi connectivity index (χ3n) is 5.37. The fraction of sp³-hybridized carbons (Fsp3) is 0.938. The first kappa shape index (κ1) is 34.7. The quantitative estimate of drug-likeness (QED) is 0.175. The summed E-state index contributed by atoms with van der Waals surface area (Å²) in [7, 11) is -22.3. The SMILES string of the molecule is COC.C[SiH]1O[Si]2(C)O[Si]3(C)O[SiH](C)O[Si]4(CCCOC(=O)C(C)(C)Br)O[Si](C)(O1)O[Si](C)(O2)O[Si](C)(O3)O4. The van der Waals surface area contributed by atoms with Gasteiger partial charge in [0.2, 0.25) is 0 Å². The van der Waals surface area contributed by atoms with Crippen molar-refractivity contribution >= 4 is 93.3 Å². The van der Waals surface area contributed by atoms with Crippen molar-refractivity contribution in [3.8, 4) is 0 Å². The van der Waals surface area contributed by atoms with E-state index in [1.807, 2.05) is 13.1 Å². The van der Waals surface area contributed by atoms with Crippen LogP contribution in [0.4, 0.5) is 0 Å². The summed E-state index contributed by atoms with van der Waals surface area (Å²) in [4.78, 5) is 12.2. The Labute approximate surface area is 249 Å². The Morgan fingerprint density at radius 3 is 1.56 bits per heavy atom. The van der Waals surface area contributed by atoms with Crippen LogP contribution in [-0.4, -0.2) is 103 Å². The fourth-order valence-corrected chi connectivity index (χ4v) is 45.5. The van der Waals surface area contributed by atoms with Gasteiger partial charge in [0.05, 0.1) is 6.61 Å². The first-order valence-electron chi connectivity index (χ1n) is 12.6. The lowest BCUT2D eigenvalue weighted by molar-refractivity contribution is -0.145. The van der Waals surface area contributed by atoms with E-state index < -0.39 is 75.7 Å². The first-order valence-corrected chi connectivity index (χ1v) is 30.6. The summed E-state index contributed by atoms with van der Waals surface area (Å²) in [5, 5.41) is 0. The Balaban J connectivity index is 0.00000134. The van der Waals surface area contributed by atoms with E-state index >= 15 is 0 Å². The number of halogens is 1. The Morgan fingerprint density at radius 1 is 0.718 bits per heavy atom. The molecule has 0 aliphatic carbocycles. The number of methoxy groups -OCH3 is 1. The van der Waals surface area contributed by atoms with Crippen LogP contribution in [0.1, 0.15) is 20.3 Å². The molecule has 4 aliphatic heterocycles. The summed E-state index contributed by atoms with van der Waals surface area (Å²) >= 11 is 3.32. The van der Waals surface area contributed by atoms with E-state index in [-0.39, 0.29) is 12.6 Å². The topological polar surface area (TPSA) is 137 Å². The molecule has 4 fully saturated rings. The molecule has 0 N–H and O–H groups in total. The predicted molar refractivity (Wildman–Crippen MR) is 158 cm³/mol. The van der Waals surface area contributed by atoms with E-state index in [9.17, 15) is 4.79 Å². The van der Waals surface area contributed by atoms with Gasteiger partial charge in [-0.05, 0) is 33.4 Å². The largest absolute Gasteiger partial charge is 0.477 e. The van der Waals surface area contributed by atoms with Crippen LogP contribution < -0.4 is 0 Å². The van der Waals surface area contributed by atoms with Crippen molar-refractivity contribution in [3.05, 3.63) is 0 Å². The van der Waals surface area contributed by atoms with E-state index in [0.29, 0.717) is 12.5 Å². The summed E-state index contributed by atoms with van der Waals surface area (Å²) in [6.07, 6.45) is 0.419. The van der Waals surface area contributed by atoms with Crippen molar-refractivity contribution in [2.45, 2.75) is 76.5 Å². The molecule has 0 radical (unpaired) electrons. The molecule has 39 heavy (non-hydrogen) atoms. The molecular weight excluding hydrogens is 721 g/mol. The number of rotatable bonds is 5. The second kappa shape index (κ2) is 12.3. The molecular formula is C16H41BrO14Si8. The maximum absolute atomic E-state index is 12.2. The molecule has 8 atom stereocenters. The Kier molecular flexibility index (Phi) is 10.9. The van der Waals surface area contributed by atoms with Gasteiger partial charge in [-0.25, -0.2) is 0 Å². The number of hydrogen-bond donors (Lipinski definition) is 0. The average Bonchev–Trinajstić information content (AvgIpc) is 2.64. The van der Waals surface area contributed by atoms with E-state index in [0.717, 1.165) is 0 Å². The molecule has 6 bridgehead atoms. The second-order valence-corrected chi connectivity index (χ2v) is 34.7. The van der Waals surface area contributed by atoms with Crippen LogP contribution >= 0.6 is 15.9 Å². The first-order chi connectivity index (χ1) is 17.7. The lowest BCUT2D eigenvalue weighted by Gasteiger charge is -2.56. The molecule has 4 rings (SSSR count). The molecule has 4 saturated heterocycles. The molecule has 4 aliphatic rings. The maximum Gasteiger partial charge on any atom is 0.477 e. The number of ether oxygens (including phenoxy) is 2. The van der Waals surface area contributed by atoms with Crippen LogP contribution in [0.25, 0.3) is 0 Å². The highest BCUT2D eigenvalue weighted by atomic mass is 79.9. The molecule has 14 nitrogen and oxygen atoms in total. The highest BCUT2D eigenvalue weighted by Gasteiger charge is 2.72. The van der Waals surface area contributed by atoms with E-state index in [1.54, 1.807) is 60.8 Å². The third-order valence-corrected chi connectivity index (χ3v) is 38.8. The van der Waals surface area contributed by atoms with Crippen LogP contribution in [0.15, 0.2) is 0 Å². The molecule has 0 aromatic heterocycles. The normalized spacial score (nSPS) is 45.9. The van der Waals surface area contributed by atoms with Crippen molar-refractivity contribution in [1.82, 2.24) is 0 Å². The Hall–Kier alpha value is 1.21. The minimum absolute atomic E-state index is 0.152. The minimum Gasteiger partial charge on any atom is -0.465 e. The van der Waals surface area contributed by atoms with Crippen LogP contribution in [0, 0.1) is 0 Å². The lowest BCUT2D eigenvalue weighted by atomic mass is 10.2. The fourth-order valence-electron chi connectivity index (χ4n) is 4.64. The molecule has 228 valence electrons. The van der Waals surface area contributed by atoms with Gasteiger partial charge in [0, 0.05) is 53.0 Å². The van der Waals surface area contributed by atoms with Crippen LogP contribution in [0.3, 0.4) is 0 Å². The van der Waals surface area contributed by atoms with E-state index in [2.05, 4.69) is 20.7 Å². The number of alkyl halides is 1. The van der Waals surface area contributed by atoms with Crippen molar-refractivity contribution in [2.24, 2.45) is 0 Å². The van der Waals surface area contributed by atoms with Crippen LogP contribution in [0.2, 0.25) is 51.9 Å². The molecule has 23 heteroatoms. The molecule has 0 aromatic rings. The van der Waals surface area contributed by atoms with Gasteiger partial charge in [-0.1, -0.05) is 15.9 Å². The molecule has 0 aromatic carbocycles. The number of fused-ring (bicyclic) bond motifs is 4. The van der Waals surface area contributed by atoms with Crippen molar-refractivity contribution in [2.75, 3.05) is 20.8 Å². The van der Waals surface area contributed by atoms with Gasteiger partial charge in [0.1, 0.15) is 4.32 Å². The van der Waals surface area contributed by atoms with Gasteiger partial charge in [-0.15, -0.1) is 0 Å². The second-order valence-electron chi connectivity index (χ2n) is 10.4. The highest BCUT2D eigenvalue weighted by Crippen LogP contribution is 2.43. The standard InChI is InChI=1S/C14H35BrO13Si8.C2H6O/c1-14(2,15)13(16)17-11-10-12-36-21-30(4)20-32(6)22-31(5)18-29(3)19-33(7,27-36)25-34(8,23-31)26-35(9,24-32)28-36;1-3-2/h29-30H,10-12H2,1-9H3;1-2H3. The summed E-state index contributed by atoms with van der Waals surface area (Å²) < 4.78 is 80.6. The third kappa shape index (κ3) is 9.10. The molecule has 0 amide bonds. The molecule has 0 saturated carbocycles. The van der Waals surface area contributed by atoms with Gasteiger partial charge in [-0.3, -0.25) is 4.79 Å². The van der Waals surface area contributed by atoms with Crippen LogP contribution in [0.5, 0.6) is 0 Å². The smallest absolute Gasteiger partial charge is 0.465 e. The summed E-state index contributed by atoms with van der Waals surface area (Å²) in [5.41, 5.74) is 0.